The van der Waals surface area contributed by atoms with E-state index in [0.29, 0.717) is 5.75 Å². The van der Waals surface area contributed by atoms with E-state index in [2.05, 4.69) is 12.2 Å². The largest absolute Gasteiger partial charge is 0.412 e. The fraction of sp³-hybridized carbons (Fsp3) is 0.417. The van der Waals surface area contributed by atoms with Crippen LogP contribution in [0.1, 0.15) is 12.5 Å². The number of para-hydroxylation sites is 1. The summed E-state index contributed by atoms with van der Waals surface area (Å²) in [5.74, 6) is 2.63. The summed E-state index contributed by atoms with van der Waals surface area (Å²) in [7, 11) is 1.55. The highest BCUT2D eigenvalue weighted by atomic mass is 32.2. The molecule has 1 rings (SSSR count). The Morgan fingerprint density at radius 1 is 1.35 bits per heavy atom. The molecule has 1 aromatic carbocycles. The third-order valence-corrected chi connectivity index (χ3v) is 4.26. The van der Waals surface area contributed by atoms with Crippen LogP contribution in [-0.4, -0.2) is 24.0 Å². The lowest BCUT2D eigenvalue weighted by Gasteiger charge is -2.09. The Hall–Kier alpha value is -0.810. The minimum absolute atomic E-state index is 0.426. The van der Waals surface area contributed by atoms with Gasteiger partial charge in [-0.05, 0) is 11.8 Å². The second-order valence-corrected chi connectivity index (χ2v) is 5.83. The van der Waals surface area contributed by atoms with Crippen molar-refractivity contribution in [2.45, 2.75) is 12.7 Å². The molecule has 5 heteroatoms. The average molecular weight is 271 g/mol. The molecule has 0 atom stereocenters. The number of hydrogen-bond donors (Lipinski definition) is 1. The van der Waals surface area contributed by atoms with Crippen molar-refractivity contribution >= 4 is 29.6 Å². The van der Waals surface area contributed by atoms with E-state index in [-0.39, 0.29) is 0 Å². The molecule has 0 spiro atoms. The van der Waals surface area contributed by atoms with Gasteiger partial charge < -0.3 is 10.1 Å². The summed E-state index contributed by atoms with van der Waals surface area (Å²) in [6.45, 7) is 2.15. The molecule has 0 heterocycles. The topological polar surface area (TPSA) is 38.3 Å². The van der Waals surface area contributed by atoms with E-state index < -0.39 is 6.09 Å². The monoisotopic (exact) mass is 271 g/mol. The van der Waals surface area contributed by atoms with Crippen LogP contribution in [0, 0.1) is 0 Å². The molecule has 0 fully saturated rings. The van der Waals surface area contributed by atoms with Crippen LogP contribution >= 0.6 is 23.5 Å². The van der Waals surface area contributed by atoms with E-state index in [9.17, 15) is 4.79 Å². The standard InChI is InChI=1S/C12H17NO2S2/c1-3-16-9-17-8-10-6-4-5-7-11(10)15-12(14)13-2/h4-7H,3,8-9H2,1-2H3,(H,13,14). The lowest BCUT2D eigenvalue weighted by molar-refractivity contribution is 0.202. The Balaban J connectivity index is 2.54. The molecule has 3 nitrogen and oxygen atoms in total. The number of ether oxygens (including phenoxy) is 1. The predicted molar refractivity (Wildman–Crippen MR) is 75.8 cm³/mol. The number of amides is 1. The number of rotatable bonds is 6. The highest BCUT2D eigenvalue weighted by Gasteiger charge is 2.06. The van der Waals surface area contributed by atoms with E-state index in [1.54, 1.807) is 7.05 Å². The number of benzene rings is 1. The molecule has 0 unspecified atom stereocenters. The Morgan fingerprint density at radius 2 is 2.12 bits per heavy atom. The molecule has 0 saturated carbocycles. The number of carbonyl (C=O) groups is 1. The van der Waals surface area contributed by atoms with Crippen LogP contribution in [0.15, 0.2) is 24.3 Å². The summed E-state index contributed by atoms with van der Waals surface area (Å²) >= 11 is 3.73. The summed E-state index contributed by atoms with van der Waals surface area (Å²) in [4.78, 5) is 11.2. The molecule has 17 heavy (non-hydrogen) atoms. The molecule has 0 aliphatic carbocycles. The Kier molecular flexibility index (Phi) is 6.96. The normalized spacial score (nSPS) is 10.0. The third-order valence-electron chi connectivity index (χ3n) is 2.01. The van der Waals surface area contributed by atoms with Crippen LogP contribution in [0.3, 0.4) is 0 Å². The summed E-state index contributed by atoms with van der Waals surface area (Å²) in [5.41, 5.74) is 1.05. The van der Waals surface area contributed by atoms with Crippen molar-refractivity contribution in [2.24, 2.45) is 0 Å². The van der Waals surface area contributed by atoms with Crippen molar-refractivity contribution in [3.63, 3.8) is 0 Å². The van der Waals surface area contributed by atoms with Crippen molar-refractivity contribution in [1.29, 1.82) is 0 Å². The van der Waals surface area contributed by atoms with Gasteiger partial charge in [-0.1, -0.05) is 25.1 Å². The Morgan fingerprint density at radius 3 is 2.82 bits per heavy atom. The van der Waals surface area contributed by atoms with Crippen LogP contribution in [0.5, 0.6) is 5.75 Å². The highest BCUT2D eigenvalue weighted by molar-refractivity contribution is 8.15. The first kappa shape index (κ1) is 14.3. The zero-order valence-electron chi connectivity index (χ0n) is 10.1. The van der Waals surface area contributed by atoms with E-state index in [0.717, 1.165) is 22.2 Å². The molecule has 0 aliphatic heterocycles. The van der Waals surface area contributed by atoms with Gasteiger partial charge in [0.2, 0.25) is 0 Å². The van der Waals surface area contributed by atoms with Crippen LogP contribution in [0.25, 0.3) is 0 Å². The molecule has 0 saturated heterocycles. The summed E-state index contributed by atoms with van der Waals surface area (Å²) in [6.07, 6.45) is -0.426. The number of thioether (sulfide) groups is 2. The van der Waals surface area contributed by atoms with Gasteiger partial charge >= 0.3 is 6.09 Å². The van der Waals surface area contributed by atoms with Crippen molar-refractivity contribution in [3.05, 3.63) is 29.8 Å². The third kappa shape index (κ3) is 5.37. The quantitative estimate of drug-likeness (QED) is 0.636. The molecule has 0 radical (unpaired) electrons. The van der Waals surface area contributed by atoms with Crippen LogP contribution < -0.4 is 10.1 Å². The average Bonchev–Trinajstić information content (AvgIpc) is 2.36. The first-order chi connectivity index (χ1) is 8.27. The van der Waals surface area contributed by atoms with Gasteiger partial charge in [-0.2, -0.15) is 11.8 Å². The van der Waals surface area contributed by atoms with Crippen LogP contribution in [-0.2, 0) is 5.75 Å². The number of carbonyl (C=O) groups excluding carboxylic acids is 1. The Bertz CT molecular complexity index is 358. The van der Waals surface area contributed by atoms with Gasteiger partial charge in [-0.15, -0.1) is 11.8 Å². The molecule has 1 amide bonds. The Labute approximate surface area is 111 Å². The smallest absolute Gasteiger partial charge is 0.410 e. The van der Waals surface area contributed by atoms with Crippen molar-refractivity contribution < 1.29 is 9.53 Å². The minimum atomic E-state index is -0.426. The fourth-order valence-corrected chi connectivity index (χ4v) is 3.10. The molecule has 1 N–H and O–H groups in total. The summed E-state index contributed by atoms with van der Waals surface area (Å²) in [6, 6.07) is 7.63. The van der Waals surface area contributed by atoms with Gasteiger partial charge in [0.15, 0.2) is 0 Å². The van der Waals surface area contributed by atoms with Crippen molar-refractivity contribution in [1.82, 2.24) is 5.32 Å². The molecule has 94 valence electrons. The lowest BCUT2D eigenvalue weighted by Crippen LogP contribution is -2.22. The molecule has 0 bridgehead atoms. The van der Waals surface area contributed by atoms with Crippen molar-refractivity contribution in [2.75, 3.05) is 17.9 Å². The predicted octanol–water partition coefficient (Wildman–Crippen LogP) is 3.35. The van der Waals surface area contributed by atoms with Gasteiger partial charge in [-0.3, -0.25) is 0 Å². The van der Waals surface area contributed by atoms with Gasteiger partial charge in [0, 0.05) is 23.4 Å². The molecular formula is C12H17NO2S2. The maximum absolute atomic E-state index is 11.2. The molecular weight excluding hydrogens is 254 g/mol. The fourth-order valence-electron chi connectivity index (χ4n) is 1.17. The first-order valence-electron chi connectivity index (χ1n) is 5.41. The maximum atomic E-state index is 11.2. The summed E-state index contributed by atoms with van der Waals surface area (Å²) < 4.78 is 5.18. The maximum Gasteiger partial charge on any atom is 0.412 e. The van der Waals surface area contributed by atoms with Gasteiger partial charge in [0.25, 0.3) is 0 Å². The van der Waals surface area contributed by atoms with E-state index in [1.165, 1.54) is 0 Å². The second-order valence-electron chi connectivity index (χ2n) is 3.21. The van der Waals surface area contributed by atoms with E-state index in [1.807, 2.05) is 47.8 Å². The zero-order valence-corrected chi connectivity index (χ0v) is 11.7. The SMILES string of the molecule is CCSCSCc1ccccc1OC(=O)NC. The van der Waals surface area contributed by atoms with Gasteiger partial charge in [0.1, 0.15) is 5.75 Å². The number of hydrogen-bond acceptors (Lipinski definition) is 4. The molecule has 0 aromatic heterocycles. The molecule has 1 aromatic rings. The summed E-state index contributed by atoms with van der Waals surface area (Å²) in [5, 5.41) is 3.51. The van der Waals surface area contributed by atoms with E-state index in [4.69, 9.17) is 4.74 Å². The second kappa shape index (κ2) is 8.31. The minimum Gasteiger partial charge on any atom is -0.410 e. The lowest BCUT2D eigenvalue weighted by atomic mass is 10.2. The van der Waals surface area contributed by atoms with Crippen LogP contribution in [0.4, 0.5) is 4.79 Å². The van der Waals surface area contributed by atoms with E-state index >= 15 is 0 Å². The first-order valence-corrected chi connectivity index (χ1v) is 7.71. The molecule has 0 aliphatic rings. The van der Waals surface area contributed by atoms with Gasteiger partial charge in [0.05, 0.1) is 0 Å². The zero-order chi connectivity index (χ0) is 12.5. The van der Waals surface area contributed by atoms with Crippen LogP contribution in [0.2, 0.25) is 0 Å². The highest BCUT2D eigenvalue weighted by Crippen LogP contribution is 2.25. The number of nitrogens with one attached hydrogen (secondary N) is 1. The van der Waals surface area contributed by atoms with Crippen molar-refractivity contribution in [3.8, 4) is 5.75 Å². The van der Waals surface area contributed by atoms with Gasteiger partial charge in [-0.25, -0.2) is 4.79 Å².